The van der Waals surface area contributed by atoms with Crippen molar-refractivity contribution >= 4 is 17.9 Å². The monoisotopic (exact) mass is 316 g/mol. The second-order valence-corrected chi connectivity index (χ2v) is 6.31. The van der Waals surface area contributed by atoms with E-state index in [-0.39, 0.29) is 18.4 Å². The molecule has 122 valence electrons. The number of hydrogen-bond acceptors (Lipinski definition) is 4. The van der Waals surface area contributed by atoms with Crippen molar-refractivity contribution in [3.8, 4) is 0 Å². The third kappa shape index (κ3) is 3.06. The van der Waals surface area contributed by atoms with E-state index in [1.807, 2.05) is 24.3 Å². The van der Waals surface area contributed by atoms with Crippen molar-refractivity contribution in [2.75, 3.05) is 6.54 Å². The van der Waals surface area contributed by atoms with Crippen LogP contribution in [0.3, 0.4) is 0 Å². The van der Waals surface area contributed by atoms with Crippen molar-refractivity contribution in [1.82, 2.24) is 10.2 Å². The fraction of sp³-hybridized carbons (Fsp3) is 0.471. The van der Waals surface area contributed by atoms with Gasteiger partial charge in [-0.2, -0.15) is 0 Å². The lowest BCUT2D eigenvalue weighted by molar-refractivity contribution is -0.136. The van der Waals surface area contributed by atoms with Gasteiger partial charge in [0.05, 0.1) is 6.54 Å². The topological polar surface area (TPSA) is 75.7 Å². The highest BCUT2D eigenvalue weighted by Crippen LogP contribution is 2.30. The van der Waals surface area contributed by atoms with Crippen LogP contribution in [0.2, 0.25) is 0 Å². The number of rotatable bonds is 3. The molecule has 6 heteroatoms. The van der Waals surface area contributed by atoms with Gasteiger partial charge in [0.1, 0.15) is 12.1 Å². The Morgan fingerprint density at radius 1 is 1.17 bits per heavy atom. The number of hydrogen-bond donors (Lipinski definition) is 1. The van der Waals surface area contributed by atoms with Gasteiger partial charge in [-0.25, -0.2) is 4.79 Å². The molecule has 0 spiro atoms. The third-order valence-corrected chi connectivity index (χ3v) is 4.40. The van der Waals surface area contributed by atoms with Crippen molar-refractivity contribution in [3.05, 3.63) is 35.4 Å². The molecule has 0 aromatic heterocycles. The number of benzene rings is 1. The van der Waals surface area contributed by atoms with Gasteiger partial charge in [-0.3, -0.25) is 19.8 Å². The van der Waals surface area contributed by atoms with Gasteiger partial charge < -0.3 is 4.74 Å². The Kier molecular flexibility index (Phi) is 4.07. The molecule has 2 heterocycles. The van der Waals surface area contributed by atoms with E-state index >= 15 is 0 Å². The molecule has 0 radical (unpaired) electrons. The molecule has 0 saturated carbocycles. The smallest absolute Gasteiger partial charge is 0.411 e. The zero-order valence-corrected chi connectivity index (χ0v) is 13.2. The summed E-state index contributed by atoms with van der Waals surface area (Å²) in [6, 6.07) is 7.35. The van der Waals surface area contributed by atoms with Gasteiger partial charge in [-0.15, -0.1) is 0 Å². The van der Waals surface area contributed by atoms with Gasteiger partial charge in [-0.1, -0.05) is 38.1 Å². The van der Waals surface area contributed by atoms with Crippen LogP contribution in [0, 0.1) is 0 Å². The molecule has 2 fully saturated rings. The maximum Gasteiger partial charge on any atom is 0.411 e. The number of carbonyl (C=O) groups is 3. The quantitative estimate of drug-likeness (QED) is 0.867. The van der Waals surface area contributed by atoms with E-state index in [1.54, 1.807) is 0 Å². The maximum absolute atomic E-state index is 12.1. The molecule has 3 amide bonds. The molecule has 0 bridgehead atoms. The number of carbonyl (C=O) groups excluding carboxylic acids is 3. The highest BCUT2D eigenvalue weighted by Gasteiger charge is 2.41. The second kappa shape index (κ2) is 6.02. The normalized spacial score (nSPS) is 24.8. The Morgan fingerprint density at radius 3 is 2.48 bits per heavy atom. The molecule has 3 rings (SSSR count). The summed E-state index contributed by atoms with van der Waals surface area (Å²) in [5.74, 6) is -0.274. The first-order chi connectivity index (χ1) is 11.0. The lowest BCUT2D eigenvalue weighted by Crippen LogP contribution is -2.52. The summed E-state index contributed by atoms with van der Waals surface area (Å²) in [6.45, 7) is 4.57. The predicted molar refractivity (Wildman–Crippen MR) is 82.6 cm³/mol. The molecule has 1 aromatic carbocycles. The minimum absolute atomic E-state index is 0.244. The molecule has 6 nitrogen and oxygen atoms in total. The molecular formula is C17H20N2O4. The van der Waals surface area contributed by atoms with E-state index < -0.39 is 18.0 Å². The minimum atomic E-state index is -0.625. The summed E-state index contributed by atoms with van der Waals surface area (Å²) in [5, 5.41) is 2.27. The minimum Gasteiger partial charge on any atom is -0.439 e. The lowest BCUT2D eigenvalue weighted by atomic mass is 9.99. The van der Waals surface area contributed by atoms with E-state index in [1.165, 1.54) is 10.5 Å². The number of nitrogens with one attached hydrogen (secondary N) is 1. The Morgan fingerprint density at radius 2 is 1.87 bits per heavy atom. The van der Waals surface area contributed by atoms with Gasteiger partial charge >= 0.3 is 6.09 Å². The molecule has 23 heavy (non-hydrogen) atoms. The van der Waals surface area contributed by atoms with Gasteiger partial charge in [0.2, 0.25) is 11.8 Å². The molecule has 0 aliphatic carbocycles. The van der Waals surface area contributed by atoms with E-state index in [4.69, 9.17) is 4.74 Å². The molecule has 2 saturated heterocycles. The lowest BCUT2D eigenvalue weighted by Gasteiger charge is -2.27. The Balaban J connectivity index is 1.72. The van der Waals surface area contributed by atoms with Crippen LogP contribution in [0.5, 0.6) is 0 Å². The van der Waals surface area contributed by atoms with Crippen LogP contribution in [-0.2, 0) is 14.3 Å². The second-order valence-electron chi connectivity index (χ2n) is 6.31. The van der Waals surface area contributed by atoms with Crippen LogP contribution in [0.15, 0.2) is 24.3 Å². The molecule has 2 aliphatic heterocycles. The number of ether oxygens (including phenoxy) is 1. The number of nitrogens with zero attached hydrogens (tertiary/aromatic N) is 1. The molecule has 1 N–H and O–H groups in total. The summed E-state index contributed by atoms with van der Waals surface area (Å²) in [7, 11) is 0. The first kappa shape index (κ1) is 15.5. The molecule has 2 unspecified atom stereocenters. The summed E-state index contributed by atoms with van der Waals surface area (Å²) in [6.07, 6.45) is -0.293. The fourth-order valence-electron chi connectivity index (χ4n) is 2.98. The number of cyclic esters (lactones) is 1. The largest absolute Gasteiger partial charge is 0.439 e. The van der Waals surface area contributed by atoms with Crippen molar-refractivity contribution < 1.29 is 19.1 Å². The van der Waals surface area contributed by atoms with Crippen molar-refractivity contribution in [2.24, 2.45) is 0 Å². The molecule has 2 aliphatic rings. The standard InChI is InChI=1S/C17H20N2O4/c1-10(2)11-3-5-12(6-4-11)14-9-19(17(22)23-14)13-7-8-15(20)18-16(13)21/h3-6,10,13-14H,7-9H2,1-2H3,(H,18,20,21). The van der Waals surface area contributed by atoms with Gasteiger partial charge in [0.15, 0.2) is 0 Å². The maximum atomic E-state index is 12.1. The zero-order valence-electron chi connectivity index (χ0n) is 13.2. The highest BCUT2D eigenvalue weighted by molar-refractivity contribution is 6.01. The average molecular weight is 316 g/mol. The Labute approximate surface area is 134 Å². The average Bonchev–Trinajstić information content (AvgIpc) is 2.89. The predicted octanol–water partition coefficient (Wildman–Crippen LogP) is 2.11. The summed E-state index contributed by atoms with van der Waals surface area (Å²) in [5.41, 5.74) is 2.14. The van der Waals surface area contributed by atoms with Crippen LogP contribution < -0.4 is 5.32 Å². The summed E-state index contributed by atoms with van der Waals surface area (Å²) >= 11 is 0. The molecular weight excluding hydrogens is 296 g/mol. The van der Waals surface area contributed by atoms with Crippen LogP contribution in [0.25, 0.3) is 0 Å². The Bertz CT molecular complexity index is 638. The van der Waals surface area contributed by atoms with Gasteiger partial charge in [-0.05, 0) is 23.5 Å². The van der Waals surface area contributed by atoms with Crippen molar-refractivity contribution in [2.45, 2.75) is 44.8 Å². The van der Waals surface area contributed by atoms with Crippen molar-refractivity contribution in [3.63, 3.8) is 0 Å². The van der Waals surface area contributed by atoms with E-state index in [0.29, 0.717) is 18.9 Å². The SMILES string of the molecule is CC(C)c1ccc(C2CN(C3CCC(=O)NC3=O)C(=O)O2)cc1. The summed E-state index contributed by atoms with van der Waals surface area (Å²) < 4.78 is 5.41. The first-order valence-corrected chi connectivity index (χ1v) is 7.86. The van der Waals surface area contributed by atoms with Crippen molar-refractivity contribution in [1.29, 1.82) is 0 Å². The van der Waals surface area contributed by atoms with Crippen LogP contribution in [0.1, 0.15) is 49.8 Å². The third-order valence-electron chi connectivity index (χ3n) is 4.40. The van der Waals surface area contributed by atoms with Gasteiger partial charge in [0.25, 0.3) is 0 Å². The molecule has 2 atom stereocenters. The zero-order chi connectivity index (χ0) is 16.6. The van der Waals surface area contributed by atoms with Crippen LogP contribution in [-0.4, -0.2) is 35.4 Å². The number of piperidine rings is 1. The van der Waals surface area contributed by atoms with Crippen LogP contribution in [0.4, 0.5) is 4.79 Å². The number of imide groups is 1. The highest BCUT2D eigenvalue weighted by atomic mass is 16.6. The van der Waals surface area contributed by atoms with E-state index in [2.05, 4.69) is 19.2 Å². The van der Waals surface area contributed by atoms with E-state index in [0.717, 1.165) is 5.56 Å². The van der Waals surface area contributed by atoms with Gasteiger partial charge in [0, 0.05) is 6.42 Å². The fourth-order valence-corrected chi connectivity index (χ4v) is 2.98. The molecule has 1 aromatic rings. The number of amides is 3. The van der Waals surface area contributed by atoms with Crippen LogP contribution >= 0.6 is 0 Å². The van der Waals surface area contributed by atoms with E-state index in [9.17, 15) is 14.4 Å². The summed E-state index contributed by atoms with van der Waals surface area (Å²) in [4.78, 5) is 36.7. The first-order valence-electron chi connectivity index (χ1n) is 7.86. The Hall–Kier alpha value is -2.37.